The molecule has 0 fully saturated rings. The minimum atomic E-state index is -4.55. The van der Waals surface area contributed by atoms with Crippen molar-refractivity contribution in [1.82, 2.24) is 0 Å². The van der Waals surface area contributed by atoms with E-state index in [0.29, 0.717) is 0 Å². The summed E-state index contributed by atoms with van der Waals surface area (Å²) >= 11 is 0. The van der Waals surface area contributed by atoms with Crippen molar-refractivity contribution in [3.8, 4) is 17.2 Å². The number of carbonyl (C=O) groups is 1. The Bertz CT molecular complexity index is 1020. The van der Waals surface area contributed by atoms with E-state index in [1.165, 1.54) is 30.3 Å². The van der Waals surface area contributed by atoms with Crippen molar-refractivity contribution < 1.29 is 32.9 Å². The number of carboxylic acids is 1. The predicted molar refractivity (Wildman–Crippen MR) is 100 cm³/mol. The number of phenols is 1. The molecule has 0 saturated heterocycles. The lowest BCUT2D eigenvalue weighted by molar-refractivity contribution is -0.137. The van der Waals surface area contributed by atoms with Gasteiger partial charge in [-0.1, -0.05) is 24.3 Å². The Balaban J connectivity index is 1.93. The summed E-state index contributed by atoms with van der Waals surface area (Å²) in [5.74, 6) is -1.09. The third-order valence-electron chi connectivity index (χ3n) is 4.06. The Morgan fingerprint density at radius 2 is 1.66 bits per heavy atom. The molecule has 3 aromatic rings. The van der Waals surface area contributed by atoms with E-state index in [2.05, 4.69) is 5.32 Å². The highest BCUT2D eigenvalue weighted by Crippen LogP contribution is 2.37. The Kier molecular flexibility index (Phi) is 5.63. The average molecular weight is 403 g/mol. The maximum absolute atomic E-state index is 13.1. The number of ether oxygens (including phenoxy) is 1. The molecule has 0 bridgehead atoms. The standard InChI is InChI=1S/C21H16F3NO4/c22-21(23,24)14-7-10-19(29-18-4-2-1-3-16(18)20(27)28)17(11-14)25-12-13-5-8-15(26)9-6-13/h1-11,25-26H,12H2,(H,27,28). The summed E-state index contributed by atoms with van der Waals surface area (Å²) in [6.45, 7) is 0.165. The molecule has 3 aromatic carbocycles. The molecule has 29 heavy (non-hydrogen) atoms. The minimum Gasteiger partial charge on any atom is -0.508 e. The summed E-state index contributed by atoms with van der Waals surface area (Å²) in [5, 5.41) is 21.5. The van der Waals surface area contributed by atoms with Crippen LogP contribution in [-0.4, -0.2) is 16.2 Å². The number of benzene rings is 3. The first kappa shape index (κ1) is 20.1. The molecule has 3 rings (SSSR count). The van der Waals surface area contributed by atoms with Crippen LogP contribution in [-0.2, 0) is 12.7 Å². The van der Waals surface area contributed by atoms with E-state index in [4.69, 9.17) is 4.74 Å². The zero-order valence-electron chi connectivity index (χ0n) is 14.9. The third-order valence-corrected chi connectivity index (χ3v) is 4.06. The summed E-state index contributed by atoms with van der Waals surface area (Å²) in [4.78, 5) is 11.4. The Hall–Kier alpha value is -3.68. The number of hydrogen-bond donors (Lipinski definition) is 3. The molecule has 0 unspecified atom stereocenters. The van der Waals surface area contributed by atoms with Crippen molar-refractivity contribution in [2.24, 2.45) is 0 Å². The van der Waals surface area contributed by atoms with Crippen LogP contribution in [0.3, 0.4) is 0 Å². The SMILES string of the molecule is O=C(O)c1ccccc1Oc1ccc(C(F)(F)F)cc1NCc1ccc(O)cc1. The van der Waals surface area contributed by atoms with Crippen LogP contribution in [0.25, 0.3) is 0 Å². The fraction of sp³-hybridized carbons (Fsp3) is 0.0952. The van der Waals surface area contributed by atoms with Gasteiger partial charge in [-0.05, 0) is 48.0 Å². The quantitative estimate of drug-likeness (QED) is 0.506. The van der Waals surface area contributed by atoms with Crippen LogP contribution in [0, 0.1) is 0 Å². The van der Waals surface area contributed by atoms with E-state index in [1.807, 2.05) is 0 Å². The van der Waals surface area contributed by atoms with Gasteiger partial charge in [0.1, 0.15) is 17.1 Å². The molecule has 0 aliphatic rings. The average Bonchev–Trinajstić information content (AvgIpc) is 2.68. The molecule has 0 saturated carbocycles. The summed E-state index contributed by atoms with van der Waals surface area (Å²) < 4.78 is 45.0. The van der Waals surface area contributed by atoms with E-state index in [0.717, 1.165) is 23.8 Å². The minimum absolute atomic E-state index is 0.00689. The zero-order chi connectivity index (χ0) is 21.0. The fourth-order valence-electron chi connectivity index (χ4n) is 2.60. The number of aromatic carboxylic acids is 1. The smallest absolute Gasteiger partial charge is 0.416 e. The lowest BCUT2D eigenvalue weighted by Gasteiger charge is -2.17. The van der Waals surface area contributed by atoms with Crippen molar-refractivity contribution in [3.63, 3.8) is 0 Å². The first-order chi connectivity index (χ1) is 13.7. The number of aromatic hydroxyl groups is 1. The number of halogens is 3. The number of anilines is 1. The van der Waals surface area contributed by atoms with Crippen LogP contribution in [0.4, 0.5) is 18.9 Å². The van der Waals surface area contributed by atoms with Crippen LogP contribution in [0.15, 0.2) is 66.7 Å². The number of rotatable bonds is 6. The van der Waals surface area contributed by atoms with Crippen molar-refractivity contribution in [3.05, 3.63) is 83.4 Å². The highest BCUT2D eigenvalue weighted by atomic mass is 19.4. The molecule has 3 N–H and O–H groups in total. The van der Waals surface area contributed by atoms with Crippen molar-refractivity contribution >= 4 is 11.7 Å². The van der Waals surface area contributed by atoms with Crippen molar-refractivity contribution in [2.75, 3.05) is 5.32 Å². The van der Waals surface area contributed by atoms with Crippen molar-refractivity contribution in [1.29, 1.82) is 0 Å². The first-order valence-electron chi connectivity index (χ1n) is 8.47. The maximum Gasteiger partial charge on any atom is 0.416 e. The van der Waals surface area contributed by atoms with Gasteiger partial charge in [-0.3, -0.25) is 0 Å². The normalized spacial score (nSPS) is 11.1. The second-order valence-corrected chi connectivity index (χ2v) is 6.13. The van der Waals surface area contributed by atoms with E-state index in [-0.39, 0.29) is 35.0 Å². The van der Waals surface area contributed by atoms with Crippen LogP contribution >= 0.6 is 0 Å². The Morgan fingerprint density at radius 3 is 2.31 bits per heavy atom. The third kappa shape index (κ3) is 4.98. The maximum atomic E-state index is 13.1. The number of nitrogens with one attached hydrogen (secondary N) is 1. The Morgan fingerprint density at radius 1 is 0.966 bits per heavy atom. The highest BCUT2D eigenvalue weighted by Gasteiger charge is 2.31. The second kappa shape index (κ2) is 8.14. The van der Waals surface area contributed by atoms with Crippen molar-refractivity contribution in [2.45, 2.75) is 12.7 Å². The molecule has 150 valence electrons. The molecule has 5 nitrogen and oxygen atoms in total. The summed E-state index contributed by atoms with van der Waals surface area (Å²) in [6, 6.07) is 14.9. The lowest BCUT2D eigenvalue weighted by Crippen LogP contribution is -2.08. The van der Waals surface area contributed by atoms with Crippen LogP contribution in [0.5, 0.6) is 17.2 Å². The highest BCUT2D eigenvalue weighted by molar-refractivity contribution is 5.91. The molecule has 0 heterocycles. The fourth-order valence-corrected chi connectivity index (χ4v) is 2.60. The van der Waals surface area contributed by atoms with E-state index in [9.17, 15) is 28.2 Å². The van der Waals surface area contributed by atoms with Gasteiger partial charge in [0.2, 0.25) is 0 Å². The van der Waals surface area contributed by atoms with E-state index >= 15 is 0 Å². The molecule has 0 radical (unpaired) electrons. The van der Waals surface area contributed by atoms with Crippen LogP contribution < -0.4 is 10.1 Å². The van der Waals surface area contributed by atoms with E-state index < -0.39 is 17.7 Å². The molecule has 8 heteroatoms. The molecule has 0 aliphatic carbocycles. The van der Waals surface area contributed by atoms with Gasteiger partial charge in [-0.15, -0.1) is 0 Å². The molecular weight excluding hydrogens is 387 g/mol. The number of carboxylic acid groups (broad SMARTS) is 1. The van der Waals surface area contributed by atoms with Gasteiger partial charge < -0.3 is 20.3 Å². The molecular formula is C21H16F3NO4. The van der Waals surface area contributed by atoms with E-state index in [1.54, 1.807) is 18.2 Å². The Labute approximate surface area is 164 Å². The van der Waals surface area contributed by atoms with Crippen LogP contribution in [0.1, 0.15) is 21.5 Å². The first-order valence-corrected chi connectivity index (χ1v) is 8.47. The van der Waals surface area contributed by atoms with Gasteiger partial charge in [0, 0.05) is 6.54 Å². The summed E-state index contributed by atoms with van der Waals surface area (Å²) in [6.07, 6.45) is -4.55. The van der Waals surface area contributed by atoms with Gasteiger partial charge in [0.15, 0.2) is 5.75 Å². The number of hydrogen-bond acceptors (Lipinski definition) is 4. The molecule has 0 aromatic heterocycles. The summed E-state index contributed by atoms with van der Waals surface area (Å²) in [5.41, 5.74) is -0.216. The van der Waals surface area contributed by atoms with Gasteiger partial charge in [-0.2, -0.15) is 13.2 Å². The molecule has 0 amide bonds. The van der Waals surface area contributed by atoms with Gasteiger partial charge in [0.25, 0.3) is 0 Å². The predicted octanol–water partition coefficient (Wildman–Crippen LogP) is 5.51. The summed E-state index contributed by atoms with van der Waals surface area (Å²) in [7, 11) is 0. The van der Waals surface area contributed by atoms with Gasteiger partial charge in [-0.25, -0.2) is 4.79 Å². The number of phenolic OH excluding ortho intramolecular Hbond substituents is 1. The molecule has 0 aliphatic heterocycles. The number of para-hydroxylation sites is 1. The monoisotopic (exact) mass is 403 g/mol. The molecule has 0 atom stereocenters. The van der Waals surface area contributed by atoms with Gasteiger partial charge >= 0.3 is 12.1 Å². The lowest BCUT2D eigenvalue weighted by atomic mass is 10.1. The number of alkyl halides is 3. The van der Waals surface area contributed by atoms with Gasteiger partial charge in [0.05, 0.1) is 11.3 Å². The molecule has 0 spiro atoms. The zero-order valence-corrected chi connectivity index (χ0v) is 14.9. The van der Waals surface area contributed by atoms with Crippen LogP contribution in [0.2, 0.25) is 0 Å². The second-order valence-electron chi connectivity index (χ2n) is 6.13. The largest absolute Gasteiger partial charge is 0.508 e. The topological polar surface area (TPSA) is 78.8 Å².